The summed E-state index contributed by atoms with van der Waals surface area (Å²) in [4.78, 5) is 13.6. The van der Waals surface area contributed by atoms with Crippen LogP contribution in [-0.4, -0.2) is 18.5 Å². The Morgan fingerprint density at radius 2 is 2.28 bits per heavy atom. The molecule has 2 rings (SSSR count). The second kappa shape index (κ2) is 5.09. The second-order valence-electron chi connectivity index (χ2n) is 4.72. The zero-order chi connectivity index (χ0) is 13.1. The molecule has 0 aliphatic carbocycles. The van der Waals surface area contributed by atoms with Crippen LogP contribution in [-0.2, 0) is 4.79 Å². The van der Waals surface area contributed by atoms with Crippen molar-refractivity contribution in [3.63, 3.8) is 0 Å². The lowest BCUT2D eigenvalue weighted by Crippen LogP contribution is -2.48. The third-order valence-electron chi connectivity index (χ3n) is 3.47. The van der Waals surface area contributed by atoms with Gasteiger partial charge in [0.05, 0.1) is 11.6 Å². The van der Waals surface area contributed by atoms with E-state index < -0.39 is 0 Å². The summed E-state index contributed by atoms with van der Waals surface area (Å²) in [5.41, 5.74) is 8.14. The van der Waals surface area contributed by atoms with Gasteiger partial charge >= 0.3 is 0 Å². The van der Waals surface area contributed by atoms with Gasteiger partial charge in [-0.2, -0.15) is 5.26 Å². The van der Waals surface area contributed by atoms with Crippen LogP contribution in [0.3, 0.4) is 0 Å². The summed E-state index contributed by atoms with van der Waals surface area (Å²) in [6.07, 6.45) is 2.93. The molecule has 0 bridgehead atoms. The number of hydrogen-bond donors (Lipinski definition) is 1. The second-order valence-corrected chi connectivity index (χ2v) is 4.72. The number of rotatable bonds is 2. The van der Waals surface area contributed by atoms with Gasteiger partial charge in [-0.25, -0.2) is 0 Å². The van der Waals surface area contributed by atoms with E-state index in [4.69, 9.17) is 11.0 Å². The Hall–Kier alpha value is -2.02. The lowest BCUT2D eigenvalue weighted by Gasteiger charge is -2.36. The Morgan fingerprint density at radius 3 is 2.89 bits per heavy atom. The Kier molecular flexibility index (Phi) is 3.52. The summed E-state index contributed by atoms with van der Waals surface area (Å²) in [7, 11) is 0. The molecule has 1 aliphatic rings. The zero-order valence-electron chi connectivity index (χ0n) is 10.5. The first-order valence-electron chi connectivity index (χ1n) is 6.20. The van der Waals surface area contributed by atoms with Crippen molar-refractivity contribution >= 4 is 11.6 Å². The van der Waals surface area contributed by atoms with Gasteiger partial charge in [-0.1, -0.05) is 0 Å². The number of nitrogens with zero attached hydrogens (tertiary/aromatic N) is 2. The van der Waals surface area contributed by atoms with Crippen LogP contribution in [0.25, 0.3) is 0 Å². The van der Waals surface area contributed by atoms with Crippen LogP contribution in [0, 0.1) is 18.3 Å². The van der Waals surface area contributed by atoms with Crippen molar-refractivity contribution < 1.29 is 4.79 Å². The highest BCUT2D eigenvalue weighted by Crippen LogP contribution is 2.28. The number of nitriles is 1. The van der Waals surface area contributed by atoms with Gasteiger partial charge in [-0.15, -0.1) is 0 Å². The number of hydrogen-bond acceptors (Lipinski definition) is 3. The number of piperidine rings is 1. The van der Waals surface area contributed by atoms with Gasteiger partial charge < -0.3 is 10.6 Å². The minimum absolute atomic E-state index is 0.217. The van der Waals surface area contributed by atoms with Gasteiger partial charge in [0.25, 0.3) is 0 Å². The van der Waals surface area contributed by atoms with Crippen molar-refractivity contribution in [2.45, 2.75) is 32.2 Å². The fourth-order valence-corrected chi connectivity index (χ4v) is 2.56. The van der Waals surface area contributed by atoms with Gasteiger partial charge in [-0.05, 0) is 49.9 Å². The highest BCUT2D eigenvalue weighted by Gasteiger charge is 2.27. The van der Waals surface area contributed by atoms with E-state index in [1.807, 2.05) is 19.1 Å². The van der Waals surface area contributed by atoms with Crippen molar-refractivity contribution in [2.75, 3.05) is 11.4 Å². The number of carbonyl (C=O) groups is 1. The third kappa shape index (κ3) is 2.30. The van der Waals surface area contributed by atoms with E-state index in [0.29, 0.717) is 5.56 Å². The summed E-state index contributed by atoms with van der Waals surface area (Å²) in [5, 5.41) is 8.87. The normalized spacial score (nSPS) is 19.3. The highest BCUT2D eigenvalue weighted by atomic mass is 16.1. The molecule has 1 aromatic rings. The van der Waals surface area contributed by atoms with E-state index in [1.54, 1.807) is 6.07 Å². The van der Waals surface area contributed by atoms with Crippen molar-refractivity contribution in [3.8, 4) is 6.07 Å². The van der Waals surface area contributed by atoms with Crippen LogP contribution in [0.1, 0.15) is 30.4 Å². The SMILES string of the molecule is Cc1cc(C#N)ccc1N1CCCCC1C(N)=O. The van der Waals surface area contributed by atoms with Gasteiger partial charge in [-0.3, -0.25) is 4.79 Å². The molecule has 0 saturated carbocycles. The fourth-order valence-electron chi connectivity index (χ4n) is 2.56. The monoisotopic (exact) mass is 243 g/mol. The molecule has 4 heteroatoms. The molecule has 0 spiro atoms. The van der Waals surface area contributed by atoms with Crippen LogP contribution < -0.4 is 10.6 Å². The average molecular weight is 243 g/mol. The van der Waals surface area contributed by atoms with Crippen molar-refractivity contribution in [1.82, 2.24) is 0 Å². The number of benzene rings is 1. The number of aryl methyl sites for hydroxylation is 1. The molecule has 4 nitrogen and oxygen atoms in total. The molecule has 18 heavy (non-hydrogen) atoms. The predicted molar refractivity (Wildman–Crippen MR) is 70.1 cm³/mol. The molecule has 1 fully saturated rings. The first-order valence-corrected chi connectivity index (χ1v) is 6.20. The maximum Gasteiger partial charge on any atom is 0.240 e. The standard InChI is InChI=1S/C14H17N3O/c1-10-8-11(9-15)5-6-12(10)17-7-3-2-4-13(17)14(16)18/h5-6,8,13H,2-4,7H2,1H3,(H2,16,18). The van der Waals surface area contributed by atoms with E-state index in [9.17, 15) is 4.79 Å². The molecule has 1 aromatic carbocycles. The van der Waals surface area contributed by atoms with E-state index >= 15 is 0 Å². The fraction of sp³-hybridized carbons (Fsp3) is 0.429. The summed E-state index contributed by atoms with van der Waals surface area (Å²) in [5.74, 6) is -0.265. The average Bonchev–Trinajstić information content (AvgIpc) is 2.38. The van der Waals surface area contributed by atoms with Crippen LogP contribution in [0.4, 0.5) is 5.69 Å². The molecule has 1 atom stereocenters. The Balaban J connectivity index is 2.34. The molecule has 0 aromatic heterocycles. The van der Waals surface area contributed by atoms with E-state index in [-0.39, 0.29) is 11.9 Å². The largest absolute Gasteiger partial charge is 0.368 e. The maximum absolute atomic E-state index is 11.5. The van der Waals surface area contributed by atoms with Gasteiger partial charge in [0.15, 0.2) is 0 Å². The lowest BCUT2D eigenvalue weighted by molar-refractivity contribution is -0.119. The minimum Gasteiger partial charge on any atom is -0.368 e. The van der Waals surface area contributed by atoms with Crippen LogP contribution in [0.5, 0.6) is 0 Å². The minimum atomic E-state index is -0.265. The number of nitrogens with two attached hydrogens (primary N) is 1. The van der Waals surface area contributed by atoms with E-state index in [0.717, 1.165) is 37.1 Å². The van der Waals surface area contributed by atoms with Crippen molar-refractivity contribution in [3.05, 3.63) is 29.3 Å². The summed E-state index contributed by atoms with van der Waals surface area (Å²) in [6.45, 7) is 2.81. The number of carbonyl (C=O) groups excluding carboxylic acids is 1. The van der Waals surface area contributed by atoms with Gasteiger partial charge in [0.2, 0.25) is 5.91 Å². The Morgan fingerprint density at radius 1 is 1.50 bits per heavy atom. The quantitative estimate of drug-likeness (QED) is 0.859. The lowest BCUT2D eigenvalue weighted by atomic mass is 9.99. The summed E-state index contributed by atoms with van der Waals surface area (Å²) in [6, 6.07) is 7.45. The third-order valence-corrected chi connectivity index (χ3v) is 3.47. The van der Waals surface area contributed by atoms with Gasteiger partial charge in [0, 0.05) is 12.2 Å². The van der Waals surface area contributed by atoms with Crippen LogP contribution >= 0.6 is 0 Å². The van der Waals surface area contributed by atoms with E-state index in [1.165, 1.54) is 0 Å². The van der Waals surface area contributed by atoms with Crippen molar-refractivity contribution in [2.24, 2.45) is 5.73 Å². The maximum atomic E-state index is 11.5. The summed E-state index contributed by atoms with van der Waals surface area (Å²) >= 11 is 0. The topological polar surface area (TPSA) is 70.1 Å². The molecular weight excluding hydrogens is 226 g/mol. The Labute approximate surface area is 107 Å². The first-order chi connectivity index (χ1) is 8.63. The number of amides is 1. The molecule has 1 saturated heterocycles. The highest BCUT2D eigenvalue weighted by molar-refractivity contribution is 5.84. The number of anilines is 1. The van der Waals surface area contributed by atoms with Gasteiger partial charge in [0.1, 0.15) is 6.04 Å². The zero-order valence-corrected chi connectivity index (χ0v) is 10.5. The van der Waals surface area contributed by atoms with Crippen LogP contribution in [0.15, 0.2) is 18.2 Å². The predicted octanol–water partition coefficient (Wildman–Crippen LogP) is 1.71. The summed E-state index contributed by atoms with van der Waals surface area (Å²) < 4.78 is 0. The molecular formula is C14H17N3O. The molecule has 94 valence electrons. The Bertz CT molecular complexity index is 504. The molecule has 1 amide bonds. The molecule has 1 unspecified atom stereocenters. The smallest absolute Gasteiger partial charge is 0.240 e. The number of primary amides is 1. The molecule has 1 aliphatic heterocycles. The molecule has 2 N–H and O–H groups in total. The van der Waals surface area contributed by atoms with Crippen molar-refractivity contribution in [1.29, 1.82) is 5.26 Å². The first kappa shape index (κ1) is 12.4. The van der Waals surface area contributed by atoms with E-state index in [2.05, 4.69) is 11.0 Å². The molecule has 0 radical (unpaired) electrons. The van der Waals surface area contributed by atoms with Crippen LogP contribution in [0.2, 0.25) is 0 Å². The molecule has 1 heterocycles.